The third-order valence-electron chi connectivity index (χ3n) is 7.02. The van der Waals surface area contributed by atoms with Gasteiger partial charge in [0.15, 0.2) is 0 Å². The lowest BCUT2D eigenvalue weighted by Crippen LogP contribution is -2.49. The molecule has 0 unspecified atom stereocenters. The summed E-state index contributed by atoms with van der Waals surface area (Å²) >= 11 is 0. The van der Waals surface area contributed by atoms with Crippen molar-refractivity contribution < 1.29 is 8.85 Å². The Morgan fingerprint density at radius 2 is 1.20 bits per heavy atom. The fraction of sp³-hybridized carbons (Fsp3) is 1.00. The molecule has 0 aromatic rings. The Kier molecular flexibility index (Phi) is 10.1. The molecule has 2 rings (SSSR count). The Morgan fingerprint density at radius 3 is 1.60 bits per heavy atom. The second kappa shape index (κ2) is 11.8. The molecular formula is C22H44O2Si. The van der Waals surface area contributed by atoms with Gasteiger partial charge in [-0.1, -0.05) is 90.4 Å². The standard InChI is InChI=1S/C22H44O2Si/c1-4-7-14-19-22(20-15-10-8-11-16-20,21-17-12-9-13-18-21)25(23-5-2)24-6-3/h20-21,25H,4-19H2,1-3H3. The molecule has 3 heteroatoms. The zero-order valence-corrected chi connectivity index (χ0v) is 18.5. The maximum atomic E-state index is 6.50. The third-order valence-corrected chi connectivity index (χ3v) is 10.4. The number of rotatable bonds is 11. The van der Waals surface area contributed by atoms with Gasteiger partial charge in [0.05, 0.1) is 0 Å². The van der Waals surface area contributed by atoms with Gasteiger partial charge in [0.1, 0.15) is 0 Å². The predicted molar refractivity (Wildman–Crippen MR) is 110 cm³/mol. The molecule has 0 saturated heterocycles. The summed E-state index contributed by atoms with van der Waals surface area (Å²) in [6.07, 6.45) is 19.8. The van der Waals surface area contributed by atoms with Crippen LogP contribution in [0, 0.1) is 11.8 Å². The molecule has 0 bridgehead atoms. The molecule has 2 saturated carbocycles. The summed E-state index contributed by atoms with van der Waals surface area (Å²) in [7, 11) is -1.67. The van der Waals surface area contributed by atoms with Crippen LogP contribution in [0.2, 0.25) is 5.04 Å². The van der Waals surface area contributed by atoms with Gasteiger partial charge in [0, 0.05) is 18.3 Å². The van der Waals surface area contributed by atoms with Gasteiger partial charge in [0.25, 0.3) is 0 Å². The first-order valence-corrected chi connectivity index (χ1v) is 13.0. The number of unbranched alkanes of at least 4 members (excludes halogenated alkanes) is 2. The van der Waals surface area contributed by atoms with Crippen molar-refractivity contribution in [2.45, 2.75) is 116 Å². The second-order valence-corrected chi connectivity index (χ2v) is 10.9. The summed E-state index contributed by atoms with van der Waals surface area (Å²) in [6.45, 7) is 8.37. The normalized spacial score (nSPS) is 21.1. The topological polar surface area (TPSA) is 18.5 Å². The van der Waals surface area contributed by atoms with Crippen LogP contribution >= 0.6 is 0 Å². The second-order valence-electron chi connectivity index (χ2n) is 8.48. The van der Waals surface area contributed by atoms with Gasteiger partial charge in [0.2, 0.25) is 0 Å². The van der Waals surface area contributed by atoms with E-state index in [1.54, 1.807) is 0 Å². The average Bonchev–Trinajstić information content (AvgIpc) is 2.67. The molecule has 2 nitrogen and oxygen atoms in total. The van der Waals surface area contributed by atoms with Crippen molar-refractivity contribution in [3.63, 3.8) is 0 Å². The Bertz CT molecular complexity index is 311. The summed E-state index contributed by atoms with van der Waals surface area (Å²) in [6, 6.07) is 0. The van der Waals surface area contributed by atoms with Crippen molar-refractivity contribution in [2.75, 3.05) is 13.2 Å². The van der Waals surface area contributed by atoms with E-state index in [1.165, 1.54) is 89.9 Å². The fourth-order valence-corrected chi connectivity index (χ4v) is 9.07. The smallest absolute Gasteiger partial charge is 0.328 e. The van der Waals surface area contributed by atoms with Crippen molar-refractivity contribution in [2.24, 2.45) is 11.8 Å². The minimum atomic E-state index is -1.67. The van der Waals surface area contributed by atoms with E-state index >= 15 is 0 Å². The van der Waals surface area contributed by atoms with Crippen molar-refractivity contribution in [3.8, 4) is 0 Å². The maximum Gasteiger partial charge on any atom is 0.328 e. The van der Waals surface area contributed by atoms with Crippen LogP contribution < -0.4 is 0 Å². The van der Waals surface area contributed by atoms with Crippen LogP contribution in [0.4, 0.5) is 0 Å². The van der Waals surface area contributed by atoms with E-state index in [9.17, 15) is 0 Å². The quantitative estimate of drug-likeness (QED) is 0.296. The van der Waals surface area contributed by atoms with Crippen LogP contribution in [0.25, 0.3) is 0 Å². The average molecular weight is 369 g/mol. The molecule has 0 aromatic heterocycles. The van der Waals surface area contributed by atoms with Crippen LogP contribution in [0.1, 0.15) is 111 Å². The van der Waals surface area contributed by atoms with Gasteiger partial charge in [-0.25, -0.2) is 0 Å². The first-order chi connectivity index (χ1) is 12.3. The van der Waals surface area contributed by atoms with Gasteiger partial charge in [-0.15, -0.1) is 0 Å². The fourth-order valence-electron chi connectivity index (χ4n) is 5.87. The van der Waals surface area contributed by atoms with E-state index in [2.05, 4.69) is 20.8 Å². The van der Waals surface area contributed by atoms with Gasteiger partial charge >= 0.3 is 9.28 Å². The highest BCUT2D eigenvalue weighted by Crippen LogP contribution is 2.59. The first-order valence-electron chi connectivity index (χ1n) is 11.5. The van der Waals surface area contributed by atoms with Gasteiger partial charge in [-0.05, 0) is 32.1 Å². The minimum absolute atomic E-state index is 0.405. The molecule has 25 heavy (non-hydrogen) atoms. The number of hydrogen-bond acceptors (Lipinski definition) is 2. The van der Waals surface area contributed by atoms with E-state index in [0.717, 1.165) is 25.0 Å². The molecule has 2 aliphatic carbocycles. The molecule has 0 atom stereocenters. The number of hydrogen-bond donors (Lipinski definition) is 0. The van der Waals surface area contributed by atoms with E-state index in [0.29, 0.717) is 5.04 Å². The molecule has 2 fully saturated rings. The molecule has 148 valence electrons. The van der Waals surface area contributed by atoms with Crippen LogP contribution in [0.3, 0.4) is 0 Å². The maximum absolute atomic E-state index is 6.50. The molecule has 0 aliphatic heterocycles. The summed E-state index contributed by atoms with van der Waals surface area (Å²) in [5.74, 6) is 1.74. The molecule has 0 heterocycles. The largest absolute Gasteiger partial charge is 0.396 e. The van der Waals surface area contributed by atoms with Gasteiger partial charge in [-0.2, -0.15) is 0 Å². The van der Waals surface area contributed by atoms with Gasteiger partial charge < -0.3 is 8.85 Å². The van der Waals surface area contributed by atoms with E-state index in [1.807, 2.05) is 0 Å². The summed E-state index contributed by atoms with van der Waals surface area (Å²) in [5, 5.41) is 0.405. The third kappa shape index (κ3) is 5.56. The lowest BCUT2D eigenvalue weighted by Gasteiger charge is -2.52. The summed E-state index contributed by atoms with van der Waals surface area (Å²) < 4.78 is 13.0. The Balaban J connectivity index is 2.33. The Hall–Kier alpha value is 0.137. The zero-order valence-electron chi connectivity index (χ0n) is 17.4. The lowest BCUT2D eigenvalue weighted by molar-refractivity contribution is 0.0816. The van der Waals surface area contributed by atoms with Crippen molar-refractivity contribution in [1.82, 2.24) is 0 Å². The van der Waals surface area contributed by atoms with Crippen molar-refractivity contribution in [3.05, 3.63) is 0 Å². The van der Waals surface area contributed by atoms with E-state index in [4.69, 9.17) is 8.85 Å². The van der Waals surface area contributed by atoms with Crippen molar-refractivity contribution >= 4 is 9.28 Å². The van der Waals surface area contributed by atoms with E-state index < -0.39 is 9.28 Å². The molecule has 0 N–H and O–H groups in total. The summed E-state index contributed by atoms with van der Waals surface area (Å²) in [5.41, 5.74) is 0. The molecule has 0 spiro atoms. The van der Waals surface area contributed by atoms with E-state index in [-0.39, 0.29) is 0 Å². The van der Waals surface area contributed by atoms with Crippen LogP contribution in [0.15, 0.2) is 0 Å². The Labute approximate surface area is 159 Å². The Morgan fingerprint density at radius 1 is 0.720 bits per heavy atom. The lowest BCUT2D eigenvalue weighted by atomic mass is 9.67. The monoisotopic (exact) mass is 368 g/mol. The molecular weight excluding hydrogens is 324 g/mol. The van der Waals surface area contributed by atoms with Crippen LogP contribution in [-0.2, 0) is 8.85 Å². The highest BCUT2D eigenvalue weighted by molar-refractivity contribution is 6.49. The zero-order chi connectivity index (χ0) is 18.0. The van der Waals surface area contributed by atoms with Crippen molar-refractivity contribution in [1.29, 1.82) is 0 Å². The molecule has 0 radical (unpaired) electrons. The highest BCUT2D eigenvalue weighted by atomic mass is 28.3. The molecule has 2 aliphatic rings. The molecule has 0 amide bonds. The predicted octanol–water partition coefficient (Wildman–Crippen LogP) is 6.76. The molecule has 0 aromatic carbocycles. The van der Waals surface area contributed by atoms with Gasteiger partial charge in [-0.3, -0.25) is 0 Å². The highest BCUT2D eigenvalue weighted by Gasteiger charge is 2.53. The summed E-state index contributed by atoms with van der Waals surface area (Å²) in [4.78, 5) is 0. The van der Waals surface area contributed by atoms with Crippen LogP contribution in [-0.4, -0.2) is 22.5 Å². The SMILES string of the molecule is CCCCCC(C1CCCCC1)(C1CCCCC1)[SiH](OCC)OCC. The minimum Gasteiger partial charge on any atom is -0.396 e. The van der Waals surface area contributed by atoms with Crippen LogP contribution in [0.5, 0.6) is 0 Å². The first kappa shape index (κ1) is 21.4.